The van der Waals surface area contributed by atoms with E-state index in [1.165, 1.54) is 12.7 Å². The number of aromatic amines is 2. The normalized spacial score (nSPS) is 18.0. The number of ether oxygens (including phenoxy) is 1. The zero-order valence-corrected chi connectivity index (χ0v) is 48.2. The van der Waals surface area contributed by atoms with Crippen LogP contribution in [0.15, 0.2) is 174 Å². The predicted octanol–water partition coefficient (Wildman–Crippen LogP) is 7.95. The maximum absolute atomic E-state index is 12.6. The number of fused-ring (bicyclic) bond motifs is 5. The molecule has 0 aliphatic heterocycles. The Morgan fingerprint density at radius 3 is 1.40 bits per heavy atom. The van der Waals surface area contributed by atoms with E-state index in [1.54, 1.807) is 9.13 Å². The average molecular weight is 1230 g/mol. The second-order valence-corrected chi connectivity index (χ2v) is 22.7. The molecular weight excluding hydrogens is 1180 g/mol. The third kappa shape index (κ3) is 15.2. The Kier molecular flexibility index (Phi) is 20.8. The second-order valence-electron chi connectivity index (χ2n) is 19.8. The first-order valence-electron chi connectivity index (χ1n) is 26.2. The Bertz CT molecular complexity index is 4160. The molecule has 4 heterocycles. The molecule has 0 spiro atoms. The van der Waals surface area contributed by atoms with Gasteiger partial charge in [-0.25, -0.2) is 14.2 Å². The number of rotatable bonds is 11. The summed E-state index contributed by atoms with van der Waals surface area (Å²) >= 11 is 5.37. The Morgan fingerprint density at radius 1 is 0.624 bits per heavy atom. The molecule has 10 aromatic rings. The molecule has 6 aromatic carbocycles. The van der Waals surface area contributed by atoms with Crippen molar-refractivity contribution in [1.82, 2.24) is 39.0 Å². The standard InChI is InChI=1S/C24H23N5O4.C12H9ClO.C12H15N5O3.C12H10O2.Cl2OS/c1-13-17(11-33-20(31)9-15-7-4-6-14-5-2-3-8-16(14)15)19(30)10-18(13)29-12-26-21-22(29)27-24(25)28-23(21)32;13-12(14)8-10-6-3-5-9-4-1-2-7-11(9)10;1-5-6(3-18)8(19)2-7(5)17-4-14-9-10(17)15-12(13)16-11(9)20;13-12(14)8-10-6-3-5-9-4-1-2-7-11(9)10;1-4(2)3/h2-8,12,17-19,30H,1,9-11H2,(H3,25,27,28,32);1-7H,8H2;4,6-8,18-19H,1-3H2,(H3,13,15,16,20);1-7H,8H2,(H,13,14);/t17-,18-,19-;;6-,7-,8-;;/m0.0../s1. The molecule has 2 aliphatic rings. The van der Waals surface area contributed by atoms with Crippen LogP contribution in [0.2, 0.25) is 0 Å². The number of carbonyl (C=O) groups is 3. The van der Waals surface area contributed by atoms with Gasteiger partial charge in [-0.2, -0.15) is 9.97 Å². The highest BCUT2D eigenvalue weighted by atomic mass is 36.0. The Labute approximate surface area is 500 Å². The van der Waals surface area contributed by atoms with Crippen LogP contribution in [-0.2, 0) is 47.6 Å². The third-order valence-corrected chi connectivity index (χ3v) is 14.6. The fourth-order valence-corrected chi connectivity index (χ4v) is 10.6. The van der Waals surface area contributed by atoms with Crippen molar-refractivity contribution in [3.8, 4) is 0 Å². The van der Waals surface area contributed by atoms with E-state index in [0.29, 0.717) is 41.7 Å². The molecule has 21 nitrogen and oxygen atoms in total. The number of aromatic nitrogens is 8. The molecule has 0 bridgehead atoms. The Balaban J connectivity index is 0.000000154. The van der Waals surface area contributed by atoms with Crippen LogP contribution in [0.4, 0.5) is 11.9 Å². The van der Waals surface area contributed by atoms with Crippen molar-refractivity contribution in [3.05, 3.63) is 202 Å². The summed E-state index contributed by atoms with van der Waals surface area (Å²) in [5, 5.41) is 44.7. The maximum atomic E-state index is 12.6. The van der Waals surface area contributed by atoms with Gasteiger partial charge in [0.2, 0.25) is 26.4 Å². The van der Waals surface area contributed by atoms with Crippen molar-refractivity contribution in [2.24, 2.45) is 11.8 Å². The first-order chi connectivity index (χ1) is 40.7. The summed E-state index contributed by atoms with van der Waals surface area (Å²) in [6, 6.07) is 40.5. The number of carboxylic acids is 1. The summed E-state index contributed by atoms with van der Waals surface area (Å²) in [5.74, 6) is -1.99. The fourth-order valence-electron chi connectivity index (χ4n) is 10.5. The summed E-state index contributed by atoms with van der Waals surface area (Å²) in [7, 11) is 7.36. The molecule has 85 heavy (non-hydrogen) atoms. The maximum Gasteiger partial charge on any atom is 0.310 e. The number of nitrogen functional groups attached to an aromatic ring is 2. The van der Waals surface area contributed by atoms with Crippen molar-refractivity contribution < 1.29 is 43.8 Å². The summed E-state index contributed by atoms with van der Waals surface area (Å²) < 4.78 is 18.0. The van der Waals surface area contributed by atoms with Crippen LogP contribution in [-0.4, -0.2) is 106 Å². The van der Waals surface area contributed by atoms with E-state index < -0.39 is 44.4 Å². The van der Waals surface area contributed by atoms with Crippen LogP contribution in [0.3, 0.4) is 0 Å². The smallest absolute Gasteiger partial charge is 0.310 e. The molecule has 6 atom stereocenters. The van der Waals surface area contributed by atoms with E-state index >= 15 is 0 Å². The highest BCUT2D eigenvalue weighted by Gasteiger charge is 2.40. The van der Waals surface area contributed by atoms with E-state index in [0.717, 1.165) is 49.0 Å². The van der Waals surface area contributed by atoms with Gasteiger partial charge < -0.3 is 45.8 Å². The molecule has 0 unspecified atom stereocenters. The van der Waals surface area contributed by atoms with Crippen LogP contribution in [0.1, 0.15) is 41.6 Å². The molecule has 2 fully saturated rings. The zero-order chi connectivity index (χ0) is 61.1. The highest BCUT2D eigenvalue weighted by Crippen LogP contribution is 2.41. The van der Waals surface area contributed by atoms with Crippen molar-refractivity contribution in [2.75, 3.05) is 24.7 Å². The van der Waals surface area contributed by atoms with Gasteiger partial charge >= 0.3 is 11.9 Å². The number of nitrogens with one attached hydrogen (secondary N) is 2. The number of carbonyl (C=O) groups excluding carboxylic acids is 2. The lowest BCUT2D eigenvalue weighted by atomic mass is 10.0. The number of halogens is 3. The van der Waals surface area contributed by atoms with Crippen LogP contribution in [0, 0.1) is 11.8 Å². The second kappa shape index (κ2) is 28.3. The lowest BCUT2D eigenvalue weighted by Gasteiger charge is -2.18. The van der Waals surface area contributed by atoms with Crippen LogP contribution in [0.5, 0.6) is 0 Å². The number of benzene rings is 6. The Morgan fingerprint density at radius 2 is 1.00 bits per heavy atom. The van der Waals surface area contributed by atoms with E-state index in [4.69, 9.17) is 37.1 Å². The summed E-state index contributed by atoms with van der Waals surface area (Å²) in [5.41, 5.74) is 15.5. The molecule has 4 aromatic heterocycles. The lowest BCUT2D eigenvalue weighted by Crippen LogP contribution is -2.22. The number of anilines is 2. The van der Waals surface area contributed by atoms with Crippen LogP contribution >= 0.6 is 33.0 Å². The molecule has 0 amide bonds. The number of aliphatic hydroxyl groups excluding tert-OH is 3. The number of nitrogens with two attached hydrogens (primary N) is 2. The monoisotopic (exact) mass is 1230 g/mol. The van der Waals surface area contributed by atoms with Gasteiger partial charge in [-0.05, 0) is 84.6 Å². The van der Waals surface area contributed by atoms with E-state index in [1.807, 2.05) is 127 Å². The third-order valence-electron chi connectivity index (χ3n) is 14.5. The molecule has 2 saturated carbocycles. The number of H-pyrrole nitrogens is 2. The number of nitrogens with zero attached hydrogens (tertiary/aromatic N) is 6. The number of hydrogen-bond donors (Lipinski definition) is 8. The van der Waals surface area contributed by atoms with Crippen molar-refractivity contribution in [3.63, 3.8) is 0 Å². The number of aliphatic carboxylic acids is 1. The summed E-state index contributed by atoms with van der Waals surface area (Å²) in [6.07, 6.45) is 2.79. The van der Waals surface area contributed by atoms with Gasteiger partial charge in [0, 0.05) is 39.6 Å². The number of hydrogen-bond acceptors (Lipinski definition) is 16. The van der Waals surface area contributed by atoms with E-state index in [9.17, 15) is 39.3 Å². The minimum Gasteiger partial charge on any atom is -0.481 e. The van der Waals surface area contributed by atoms with Gasteiger partial charge in [0.25, 0.3) is 11.1 Å². The number of aliphatic hydroxyl groups is 3. The van der Waals surface area contributed by atoms with Gasteiger partial charge in [0.15, 0.2) is 22.3 Å². The van der Waals surface area contributed by atoms with Crippen molar-refractivity contribution in [2.45, 2.75) is 56.4 Å². The predicted molar refractivity (Wildman–Crippen MR) is 329 cm³/mol. The fraction of sp³-hybridized carbons (Fsp3) is 0.217. The molecule has 0 saturated heterocycles. The van der Waals surface area contributed by atoms with Crippen LogP contribution < -0.4 is 22.6 Å². The van der Waals surface area contributed by atoms with Gasteiger partial charge in [-0.15, -0.1) is 0 Å². The highest BCUT2D eigenvalue weighted by molar-refractivity contribution is 8.26. The molecule has 10 N–H and O–H groups in total. The largest absolute Gasteiger partial charge is 0.481 e. The number of esters is 1. The van der Waals surface area contributed by atoms with E-state index in [-0.39, 0.29) is 78.2 Å². The minimum absolute atomic E-state index is 0.00659. The molecule has 12 rings (SSSR count). The van der Waals surface area contributed by atoms with Gasteiger partial charge in [-0.3, -0.25) is 33.9 Å². The molecular formula is C60H57Cl3N10O11S. The summed E-state index contributed by atoms with van der Waals surface area (Å²) in [4.78, 5) is 79.0. The Hall–Kier alpha value is -8.61. The quantitative estimate of drug-likeness (QED) is 0.0346. The molecule has 0 radical (unpaired) electrons. The number of carboxylic acid groups (broad SMARTS) is 1. The van der Waals surface area contributed by atoms with Gasteiger partial charge in [0.05, 0.1) is 56.4 Å². The minimum atomic E-state index is -1.67. The molecule has 440 valence electrons. The first-order valence-corrected chi connectivity index (χ1v) is 29.4. The van der Waals surface area contributed by atoms with Gasteiger partial charge in [0.1, 0.15) is 6.61 Å². The lowest BCUT2D eigenvalue weighted by molar-refractivity contribution is -0.144. The molecule has 25 heteroatoms. The molecule has 2 aliphatic carbocycles. The topological polar surface area (TPSA) is 338 Å². The van der Waals surface area contributed by atoms with Crippen LogP contribution in [0.25, 0.3) is 54.6 Å². The zero-order valence-electron chi connectivity index (χ0n) is 45.1. The first kappa shape index (κ1) is 62.4. The SMILES string of the molecule is C=C1[C@H](CO)[C@@H](O)C[C@@H]1n1cnc2c(=O)[nH]c(N)nc21.C=C1[C@H](COC(=O)Cc2cccc3ccccc23)[C@@H](O)C[C@@H]1n1cnc2c(=O)[nH]c(N)nc21.O=C(Cl)Cc1cccc2ccccc12.O=C(O)Cc1cccc2ccccc12.O=S(Cl)Cl. The van der Waals surface area contributed by atoms with E-state index in [2.05, 4.69) is 64.4 Å². The van der Waals surface area contributed by atoms with Crippen molar-refractivity contribution >= 4 is 126 Å². The number of imidazole rings is 2. The van der Waals surface area contributed by atoms with Crippen molar-refractivity contribution in [1.29, 1.82) is 0 Å². The summed E-state index contributed by atoms with van der Waals surface area (Å²) in [6.45, 7) is 7.91. The average Bonchev–Trinajstić information content (AvgIpc) is 3.33. The van der Waals surface area contributed by atoms with Gasteiger partial charge in [-0.1, -0.05) is 141 Å².